The minimum absolute atomic E-state index is 0.318. The number of aryl methyl sites for hydroxylation is 2. The molecule has 0 unspecified atom stereocenters. The molecule has 0 spiro atoms. The van der Waals surface area contributed by atoms with Crippen molar-refractivity contribution in [3.05, 3.63) is 47.2 Å². The Morgan fingerprint density at radius 3 is 2.24 bits per heavy atom. The van der Waals surface area contributed by atoms with Crippen LogP contribution in [0.1, 0.15) is 21.6 Å². The van der Waals surface area contributed by atoms with Gasteiger partial charge in [-0.3, -0.25) is 0 Å². The van der Waals surface area contributed by atoms with Crippen LogP contribution in [0, 0.1) is 13.8 Å². The summed E-state index contributed by atoms with van der Waals surface area (Å²) in [6, 6.07) is 9.80. The second-order valence-corrected chi connectivity index (χ2v) is 4.29. The van der Waals surface area contributed by atoms with Crippen molar-refractivity contribution in [2.24, 2.45) is 7.05 Å². The highest BCUT2D eigenvalue weighted by molar-refractivity contribution is 5.88. The molecule has 3 heteroatoms. The summed E-state index contributed by atoms with van der Waals surface area (Å²) in [4.78, 5) is 11.1. The van der Waals surface area contributed by atoms with E-state index in [0.717, 1.165) is 16.8 Å². The fourth-order valence-corrected chi connectivity index (χ4v) is 2.09. The lowest BCUT2D eigenvalue weighted by atomic mass is 10.1. The number of benzene rings is 1. The Labute approximate surface area is 100 Å². The maximum Gasteiger partial charge on any atom is 0.352 e. The molecule has 0 fully saturated rings. The first-order valence-electron chi connectivity index (χ1n) is 5.47. The van der Waals surface area contributed by atoms with Crippen molar-refractivity contribution < 1.29 is 9.90 Å². The predicted molar refractivity (Wildman–Crippen MR) is 67.3 cm³/mol. The highest BCUT2D eigenvalue weighted by Crippen LogP contribution is 2.26. The van der Waals surface area contributed by atoms with E-state index in [9.17, 15) is 4.79 Å². The Kier molecular flexibility index (Phi) is 2.76. The number of hydrogen-bond donors (Lipinski definition) is 1. The lowest BCUT2D eigenvalue weighted by molar-refractivity contribution is 0.0686. The van der Waals surface area contributed by atoms with E-state index in [1.807, 2.05) is 38.1 Å². The molecule has 1 aromatic heterocycles. The Bertz CT molecular complexity index is 565. The normalized spacial score (nSPS) is 10.5. The SMILES string of the molecule is Cc1ccc(-c2c(C)cc(C(=O)O)n2C)cc1. The molecular weight excluding hydrogens is 214 g/mol. The smallest absolute Gasteiger partial charge is 0.352 e. The zero-order chi connectivity index (χ0) is 12.6. The molecule has 0 bridgehead atoms. The molecule has 88 valence electrons. The molecule has 0 saturated heterocycles. The van der Waals surface area contributed by atoms with Crippen molar-refractivity contribution in [1.82, 2.24) is 4.57 Å². The van der Waals surface area contributed by atoms with Gasteiger partial charge in [0.15, 0.2) is 0 Å². The highest BCUT2D eigenvalue weighted by atomic mass is 16.4. The lowest BCUT2D eigenvalue weighted by Crippen LogP contribution is -2.05. The van der Waals surface area contributed by atoms with Gasteiger partial charge in [-0.1, -0.05) is 29.8 Å². The molecule has 1 aromatic carbocycles. The van der Waals surface area contributed by atoms with Gasteiger partial charge in [-0.15, -0.1) is 0 Å². The van der Waals surface area contributed by atoms with E-state index in [1.165, 1.54) is 5.56 Å². The van der Waals surface area contributed by atoms with Gasteiger partial charge in [0.2, 0.25) is 0 Å². The number of rotatable bonds is 2. The number of aromatic carboxylic acids is 1. The van der Waals surface area contributed by atoms with Gasteiger partial charge in [-0.25, -0.2) is 4.79 Å². The van der Waals surface area contributed by atoms with Crippen LogP contribution in [-0.4, -0.2) is 15.6 Å². The van der Waals surface area contributed by atoms with Crippen LogP contribution < -0.4 is 0 Å². The maximum absolute atomic E-state index is 11.1. The first kappa shape index (κ1) is 11.5. The Morgan fingerprint density at radius 2 is 1.76 bits per heavy atom. The molecule has 0 radical (unpaired) electrons. The third kappa shape index (κ3) is 1.96. The number of carboxylic acid groups (broad SMARTS) is 1. The molecule has 0 saturated carbocycles. The Hall–Kier alpha value is -2.03. The number of carbonyl (C=O) groups is 1. The van der Waals surface area contributed by atoms with E-state index < -0.39 is 5.97 Å². The summed E-state index contributed by atoms with van der Waals surface area (Å²) in [5.41, 5.74) is 4.50. The first-order valence-corrected chi connectivity index (χ1v) is 5.47. The summed E-state index contributed by atoms with van der Waals surface area (Å²) in [7, 11) is 1.78. The molecule has 0 atom stereocenters. The van der Waals surface area contributed by atoms with Gasteiger partial charge < -0.3 is 9.67 Å². The van der Waals surface area contributed by atoms with Crippen LogP contribution in [0.15, 0.2) is 30.3 Å². The molecule has 0 aliphatic heterocycles. The van der Waals surface area contributed by atoms with Gasteiger partial charge in [0.1, 0.15) is 5.69 Å². The zero-order valence-corrected chi connectivity index (χ0v) is 10.2. The third-order valence-corrected chi connectivity index (χ3v) is 2.97. The van der Waals surface area contributed by atoms with E-state index in [1.54, 1.807) is 17.7 Å². The summed E-state index contributed by atoms with van der Waals surface area (Å²) < 4.78 is 1.72. The van der Waals surface area contributed by atoms with Crippen molar-refractivity contribution in [3.63, 3.8) is 0 Å². The maximum atomic E-state index is 11.1. The summed E-state index contributed by atoms with van der Waals surface area (Å²) in [5.74, 6) is -0.894. The molecule has 1 heterocycles. The van der Waals surface area contributed by atoms with E-state index >= 15 is 0 Å². The van der Waals surface area contributed by atoms with Crippen LogP contribution in [0.2, 0.25) is 0 Å². The minimum Gasteiger partial charge on any atom is -0.477 e. The monoisotopic (exact) mass is 229 g/mol. The van der Waals surface area contributed by atoms with Crippen molar-refractivity contribution in [3.8, 4) is 11.3 Å². The van der Waals surface area contributed by atoms with Gasteiger partial charge in [0.05, 0.1) is 5.69 Å². The number of carboxylic acids is 1. The molecule has 1 N–H and O–H groups in total. The molecular formula is C14H15NO2. The average Bonchev–Trinajstić information content (AvgIpc) is 2.56. The van der Waals surface area contributed by atoms with E-state index in [4.69, 9.17) is 5.11 Å². The second-order valence-electron chi connectivity index (χ2n) is 4.29. The van der Waals surface area contributed by atoms with Crippen LogP contribution in [0.4, 0.5) is 0 Å². The lowest BCUT2D eigenvalue weighted by Gasteiger charge is -2.07. The van der Waals surface area contributed by atoms with Gasteiger partial charge in [-0.05, 0) is 31.0 Å². The quantitative estimate of drug-likeness (QED) is 0.860. The molecule has 3 nitrogen and oxygen atoms in total. The van der Waals surface area contributed by atoms with Crippen LogP contribution >= 0.6 is 0 Å². The van der Waals surface area contributed by atoms with E-state index in [-0.39, 0.29) is 0 Å². The largest absolute Gasteiger partial charge is 0.477 e. The van der Waals surface area contributed by atoms with Crippen LogP contribution in [0.25, 0.3) is 11.3 Å². The standard InChI is InChI=1S/C14H15NO2/c1-9-4-6-11(7-5-9)13-10(2)8-12(14(16)17)15(13)3/h4-8H,1-3H3,(H,16,17). The van der Waals surface area contributed by atoms with Crippen LogP contribution in [0.3, 0.4) is 0 Å². The molecule has 0 aliphatic carbocycles. The van der Waals surface area contributed by atoms with Crippen molar-refractivity contribution in [2.75, 3.05) is 0 Å². The number of nitrogens with zero attached hydrogens (tertiary/aromatic N) is 1. The van der Waals surface area contributed by atoms with Gasteiger partial charge in [0.25, 0.3) is 0 Å². The fraction of sp³-hybridized carbons (Fsp3) is 0.214. The molecule has 17 heavy (non-hydrogen) atoms. The average molecular weight is 229 g/mol. The number of aromatic nitrogens is 1. The van der Waals surface area contributed by atoms with Crippen molar-refractivity contribution >= 4 is 5.97 Å². The van der Waals surface area contributed by atoms with Gasteiger partial charge in [-0.2, -0.15) is 0 Å². The summed E-state index contributed by atoms with van der Waals surface area (Å²) >= 11 is 0. The van der Waals surface area contributed by atoms with Crippen molar-refractivity contribution in [2.45, 2.75) is 13.8 Å². The first-order chi connectivity index (χ1) is 8.00. The summed E-state index contributed by atoms with van der Waals surface area (Å²) in [5, 5.41) is 9.07. The minimum atomic E-state index is -0.894. The van der Waals surface area contributed by atoms with Gasteiger partial charge in [0, 0.05) is 7.05 Å². The molecule has 0 aliphatic rings. The van der Waals surface area contributed by atoms with Crippen molar-refractivity contribution in [1.29, 1.82) is 0 Å². The third-order valence-electron chi connectivity index (χ3n) is 2.97. The Morgan fingerprint density at radius 1 is 1.18 bits per heavy atom. The summed E-state index contributed by atoms with van der Waals surface area (Å²) in [6.07, 6.45) is 0. The van der Waals surface area contributed by atoms with E-state index in [0.29, 0.717) is 5.69 Å². The molecule has 0 amide bonds. The van der Waals surface area contributed by atoms with Crippen LogP contribution in [-0.2, 0) is 7.05 Å². The topological polar surface area (TPSA) is 42.2 Å². The summed E-state index contributed by atoms with van der Waals surface area (Å²) in [6.45, 7) is 3.96. The second kappa shape index (κ2) is 4.09. The Balaban J connectivity index is 2.59. The fourth-order valence-electron chi connectivity index (χ4n) is 2.09. The number of hydrogen-bond acceptors (Lipinski definition) is 1. The van der Waals surface area contributed by atoms with Gasteiger partial charge >= 0.3 is 5.97 Å². The zero-order valence-electron chi connectivity index (χ0n) is 10.2. The van der Waals surface area contributed by atoms with E-state index in [2.05, 4.69) is 0 Å². The highest BCUT2D eigenvalue weighted by Gasteiger charge is 2.15. The van der Waals surface area contributed by atoms with Crippen LogP contribution in [0.5, 0.6) is 0 Å². The molecule has 2 rings (SSSR count). The predicted octanol–water partition coefficient (Wildman–Crippen LogP) is 3.01. The molecule has 2 aromatic rings.